The fourth-order valence-corrected chi connectivity index (χ4v) is 4.61. The molecule has 178 valence electrons. The number of anilines is 2. The monoisotopic (exact) mass is 467 g/mol. The highest BCUT2D eigenvalue weighted by molar-refractivity contribution is 5.95. The van der Waals surface area contributed by atoms with Crippen molar-refractivity contribution in [3.05, 3.63) is 89.5 Å². The molecular weight excluding hydrogens is 438 g/mol. The minimum Gasteiger partial charge on any atom is -0.379 e. The van der Waals surface area contributed by atoms with Gasteiger partial charge in [0.15, 0.2) is 0 Å². The predicted molar refractivity (Wildman–Crippen MR) is 137 cm³/mol. The molecule has 2 aromatic carbocycles. The van der Waals surface area contributed by atoms with E-state index in [0.717, 1.165) is 28.9 Å². The molecule has 3 heterocycles. The Morgan fingerprint density at radius 1 is 1.06 bits per heavy atom. The van der Waals surface area contributed by atoms with Crippen molar-refractivity contribution in [1.29, 1.82) is 0 Å². The smallest absolute Gasteiger partial charge is 0.254 e. The highest BCUT2D eigenvalue weighted by Gasteiger charge is 2.24. The second-order valence-electron chi connectivity index (χ2n) is 9.13. The molecule has 1 atom stereocenters. The molecule has 0 aliphatic carbocycles. The van der Waals surface area contributed by atoms with Gasteiger partial charge in [-0.2, -0.15) is 0 Å². The molecule has 4 aromatic rings. The molecule has 35 heavy (non-hydrogen) atoms. The first-order valence-electron chi connectivity index (χ1n) is 11.9. The third kappa shape index (κ3) is 5.63. The lowest BCUT2D eigenvalue weighted by Gasteiger charge is -2.24. The minimum atomic E-state index is 0.00760. The van der Waals surface area contributed by atoms with Gasteiger partial charge in [0.2, 0.25) is 5.95 Å². The average Bonchev–Trinajstić information content (AvgIpc) is 3.08. The zero-order valence-corrected chi connectivity index (χ0v) is 20.1. The molecule has 1 N–H and O–H groups in total. The van der Waals surface area contributed by atoms with Crippen LogP contribution in [0.3, 0.4) is 0 Å². The number of aryl methyl sites for hydroxylation is 2. The van der Waals surface area contributed by atoms with Gasteiger partial charge in [0.25, 0.3) is 5.91 Å². The molecule has 0 saturated carbocycles. The maximum absolute atomic E-state index is 13.4. The second-order valence-corrected chi connectivity index (χ2v) is 9.13. The van der Waals surface area contributed by atoms with Gasteiger partial charge in [-0.15, -0.1) is 0 Å². The highest BCUT2D eigenvalue weighted by Crippen LogP contribution is 2.21. The number of nitrogens with zero attached hydrogens (tertiary/aromatic N) is 4. The summed E-state index contributed by atoms with van der Waals surface area (Å²) >= 11 is 0. The minimum absolute atomic E-state index is 0.00760. The topological polar surface area (TPSA) is 80.2 Å². The van der Waals surface area contributed by atoms with Gasteiger partial charge in [0.1, 0.15) is 0 Å². The van der Waals surface area contributed by atoms with E-state index in [-0.39, 0.29) is 11.8 Å². The Hall–Kier alpha value is -3.84. The van der Waals surface area contributed by atoms with Crippen molar-refractivity contribution in [2.45, 2.75) is 20.3 Å². The van der Waals surface area contributed by atoms with Gasteiger partial charge >= 0.3 is 0 Å². The lowest BCUT2D eigenvalue weighted by Crippen LogP contribution is -2.36. The number of amides is 1. The lowest BCUT2D eigenvalue weighted by molar-refractivity contribution is 0.0737. The molecule has 1 amide bonds. The Bertz CT molecular complexity index is 1340. The van der Waals surface area contributed by atoms with Gasteiger partial charge in [-0.1, -0.05) is 18.2 Å². The lowest BCUT2D eigenvalue weighted by atomic mass is 9.97. The SMILES string of the molecule is Cc1cc(C)nc(Nc2cccc(C(=O)N3CCOCC(Cc4ccc5ccncc5c4)C3)c2)n1. The van der Waals surface area contributed by atoms with E-state index in [2.05, 4.69) is 38.5 Å². The van der Waals surface area contributed by atoms with E-state index in [0.29, 0.717) is 37.8 Å². The number of hydrogen-bond donors (Lipinski definition) is 1. The van der Waals surface area contributed by atoms with Crippen molar-refractivity contribution in [1.82, 2.24) is 19.9 Å². The average molecular weight is 468 g/mol. The zero-order valence-electron chi connectivity index (χ0n) is 20.1. The number of benzene rings is 2. The van der Waals surface area contributed by atoms with Crippen molar-refractivity contribution in [2.24, 2.45) is 5.92 Å². The third-order valence-electron chi connectivity index (χ3n) is 6.20. The van der Waals surface area contributed by atoms with E-state index in [1.54, 1.807) is 0 Å². The van der Waals surface area contributed by atoms with Crippen molar-refractivity contribution in [3.63, 3.8) is 0 Å². The zero-order chi connectivity index (χ0) is 24.2. The van der Waals surface area contributed by atoms with Crippen LogP contribution in [0.1, 0.15) is 27.3 Å². The van der Waals surface area contributed by atoms with E-state index >= 15 is 0 Å². The fourth-order valence-electron chi connectivity index (χ4n) is 4.61. The number of aromatic nitrogens is 3. The maximum Gasteiger partial charge on any atom is 0.254 e. The number of carbonyl (C=O) groups excluding carboxylic acids is 1. The normalized spacial score (nSPS) is 16.2. The van der Waals surface area contributed by atoms with E-state index in [1.807, 2.05) is 67.5 Å². The summed E-state index contributed by atoms with van der Waals surface area (Å²) in [4.78, 5) is 28.5. The Kier molecular flexibility index (Phi) is 6.68. The van der Waals surface area contributed by atoms with Crippen LogP contribution in [0.2, 0.25) is 0 Å². The number of carbonyl (C=O) groups is 1. The van der Waals surface area contributed by atoms with Gasteiger partial charge in [0.05, 0.1) is 13.2 Å². The fraction of sp³-hybridized carbons (Fsp3) is 0.286. The summed E-state index contributed by atoms with van der Waals surface area (Å²) in [5.41, 5.74) is 4.44. The first-order chi connectivity index (χ1) is 17.0. The summed E-state index contributed by atoms with van der Waals surface area (Å²) in [6.07, 6.45) is 4.55. The molecule has 0 spiro atoms. The van der Waals surface area contributed by atoms with E-state index in [9.17, 15) is 4.79 Å². The van der Waals surface area contributed by atoms with Crippen LogP contribution in [-0.2, 0) is 11.2 Å². The van der Waals surface area contributed by atoms with E-state index in [4.69, 9.17) is 4.74 Å². The number of pyridine rings is 1. The third-order valence-corrected chi connectivity index (χ3v) is 6.20. The first-order valence-corrected chi connectivity index (χ1v) is 11.9. The van der Waals surface area contributed by atoms with Gasteiger partial charge in [-0.05, 0) is 67.6 Å². The van der Waals surface area contributed by atoms with Crippen LogP contribution in [0.25, 0.3) is 10.8 Å². The predicted octanol–water partition coefficient (Wildman–Crippen LogP) is 4.72. The van der Waals surface area contributed by atoms with Crippen molar-refractivity contribution in [2.75, 3.05) is 31.6 Å². The Balaban J connectivity index is 1.29. The molecule has 0 bridgehead atoms. The largest absolute Gasteiger partial charge is 0.379 e. The first kappa shape index (κ1) is 22.9. The maximum atomic E-state index is 13.4. The molecule has 1 aliphatic rings. The van der Waals surface area contributed by atoms with Crippen LogP contribution < -0.4 is 5.32 Å². The summed E-state index contributed by atoms with van der Waals surface area (Å²) in [6, 6.07) is 17.9. The Labute approximate surface area is 205 Å². The van der Waals surface area contributed by atoms with Crippen LogP contribution in [0, 0.1) is 19.8 Å². The number of nitrogens with one attached hydrogen (secondary N) is 1. The van der Waals surface area contributed by atoms with Gasteiger partial charge in [0, 0.05) is 59.4 Å². The van der Waals surface area contributed by atoms with Crippen LogP contribution in [-0.4, -0.2) is 52.1 Å². The molecule has 1 saturated heterocycles. The molecule has 5 rings (SSSR count). The molecule has 0 radical (unpaired) electrons. The van der Waals surface area contributed by atoms with Crippen LogP contribution in [0.5, 0.6) is 0 Å². The second kappa shape index (κ2) is 10.2. The van der Waals surface area contributed by atoms with Crippen LogP contribution >= 0.6 is 0 Å². The summed E-state index contributed by atoms with van der Waals surface area (Å²) in [5, 5.41) is 5.54. The summed E-state index contributed by atoms with van der Waals surface area (Å²) in [7, 11) is 0. The van der Waals surface area contributed by atoms with E-state index in [1.165, 1.54) is 10.9 Å². The number of fused-ring (bicyclic) bond motifs is 1. The Morgan fingerprint density at radius 3 is 2.77 bits per heavy atom. The molecule has 1 unspecified atom stereocenters. The standard InChI is InChI=1S/C28H29N5O2/c1-19-12-20(2)31-28(30-19)32-26-5-3-4-24(15-26)27(34)33-10-11-35-18-22(17-33)13-21-6-7-23-8-9-29-16-25(23)14-21/h3-9,12,14-16,22H,10-11,13,17-18H2,1-2H3,(H,30,31,32). The Morgan fingerprint density at radius 2 is 1.91 bits per heavy atom. The van der Waals surface area contributed by atoms with Crippen molar-refractivity contribution in [3.8, 4) is 0 Å². The number of ether oxygens (including phenoxy) is 1. The number of hydrogen-bond acceptors (Lipinski definition) is 6. The summed E-state index contributed by atoms with van der Waals surface area (Å²) in [5.74, 6) is 0.759. The molecular formula is C28H29N5O2. The summed E-state index contributed by atoms with van der Waals surface area (Å²) in [6.45, 7) is 6.29. The van der Waals surface area contributed by atoms with Crippen LogP contribution in [0.4, 0.5) is 11.6 Å². The van der Waals surface area contributed by atoms with Crippen LogP contribution in [0.15, 0.2) is 67.0 Å². The molecule has 7 heteroatoms. The molecule has 1 aliphatic heterocycles. The molecule has 2 aromatic heterocycles. The van der Waals surface area contributed by atoms with E-state index < -0.39 is 0 Å². The number of rotatable bonds is 5. The van der Waals surface area contributed by atoms with Gasteiger partial charge in [-0.25, -0.2) is 9.97 Å². The molecule has 7 nitrogen and oxygen atoms in total. The van der Waals surface area contributed by atoms with Gasteiger partial charge in [-0.3, -0.25) is 9.78 Å². The van der Waals surface area contributed by atoms with Crippen molar-refractivity contribution < 1.29 is 9.53 Å². The summed E-state index contributed by atoms with van der Waals surface area (Å²) < 4.78 is 5.87. The van der Waals surface area contributed by atoms with Gasteiger partial charge < -0.3 is 15.0 Å². The molecule has 1 fully saturated rings. The quantitative estimate of drug-likeness (QED) is 0.458. The van der Waals surface area contributed by atoms with Crippen molar-refractivity contribution >= 4 is 28.3 Å². The highest BCUT2D eigenvalue weighted by atomic mass is 16.5.